The third kappa shape index (κ3) is 3.78. The number of aromatic nitrogens is 3. The molecule has 0 spiro atoms. The van der Waals surface area contributed by atoms with E-state index in [2.05, 4.69) is 15.3 Å². The highest BCUT2D eigenvalue weighted by molar-refractivity contribution is 7.22. The van der Waals surface area contributed by atoms with Crippen LogP contribution < -0.4 is 21.3 Å². The molecule has 26 heavy (non-hydrogen) atoms. The van der Waals surface area contributed by atoms with Crippen molar-refractivity contribution in [2.45, 2.75) is 0 Å². The average molecular weight is 376 g/mol. The van der Waals surface area contributed by atoms with Crippen LogP contribution in [0.25, 0.3) is 10.2 Å². The van der Waals surface area contributed by atoms with E-state index >= 15 is 0 Å². The van der Waals surface area contributed by atoms with Crippen LogP contribution in [0.15, 0.2) is 34.0 Å². The number of carbonyl (C=O) groups is 2. The molecular formula is C15H12N4O6S. The lowest BCUT2D eigenvalue weighted by atomic mass is 10.3. The molecule has 1 amide bonds. The van der Waals surface area contributed by atoms with E-state index < -0.39 is 35.3 Å². The summed E-state index contributed by atoms with van der Waals surface area (Å²) >= 11 is 1.23. The molecule has 0 unspecified atom stereocenters. The molecule has 0 bridgehead atoms. The Morgan fingerprint density at radius 3 is 2.85 bits per heavy atom. The van der Waals surface area contributed by atoms with E-state index in [1.54, 1.807) is 25.3 Å². The van der Waals surface area contributed by atoms with Gasteiger partial charge in [-0.2, -0.15) is 0 Å². The van der Waals surface area contributed by atoms with Gasteiger partial charge in [-0.25, -0.2) is 14.6 Å². The molecule has 0 saturated carbocycles. The molecule has 3 aromatic rings. The zero-order valence-corrected chi connectivity index (χ0v) is 14.1. The number of thiazole rings is 1. The molecule has 0 aliphatic carbocycles. The largest absolute Gasteiger partial charge is 0.497 e. The molecule has 2 aromatic heterocycles. The molecule has 0 fully saturated rings. The Labute approximate surface area is 148 Å². The van der Waals surface area contributed by atoms with Crippen molar-refractivity contribution < 1.29 is 19.1 Å². The Bertz CT molecular complexity index is 1100. The summed E-state index contributed by atoms with van der Waals surface area (Å²) < 4.78 is 10.7. The molecule has 1 aromatic carbocycles. The van der Waals surface area contributed by atoms with Crippen molar-refractivity contribution in [2.24, 2.45) is 0 Å². The van der Waals surface area contributed by atoms with Crippen molar-refractivity contribution in [2.75, 3.05) is 19.0 Å². The monoisotopic (exact) mass is 376 g/mol. The van der Waals surface area contributed by atoms with Gasteiger partial charge in [-0.3, -0.25) is 19.9 Å². The number of benzene rings is 1. The molecule has 2 heterocycles. The number of anilines is 1. The molecule has 11 heteroatoms. The van der Waals surface area contributed by atoms with Gasteiger partial charge in [0.15, 0.2) is 11.7 Å². The lowest BCUT2D eigenvalue weighted by Crippen LogP contribution is -2.29. The molecule has 0 aliphatic rings. The van der Waals surface area contributed by atoms with Crippen LogP contribution in [0.5, 0.6) is 5.75 Å². The number of nitrogens with one attached hydrogen (secondary N) is 3. The van der Waals surface area contributed by atoms with Gasteiger partial charge in [0, 0.05) is 6.20 Å². The standard InChI is InChI=1S/C15H12N4O6S/c1-24-7-2-3-9-10(4-7)26-15(17-9)18-11(20)6-25-13(22)8-5-16-14(23)19-12(8)21/h2-5H,6H2,1H3,(H,17,18,20)(H2,16,19,21,23). The van der Waals surface area contributed by atoms with E-state index in [1.165, 1.54) is 11.3 Å². The summed E-state index contributed by atoms with van der Waals surface area (Å²) in [5.74, 6) is -0.990. The Hall–Kier alpha value is -3.47. The minimum absolute atomic E-state index is 0.330. The van der Waals surface area contributed by atoms with Crippen LogP contribution in [-0.2, 0) is 9.53 Å². The van der Waals surface area contributed by atoms with Crippen molar-refractivity contribution in [1.82, 2.24) is 15.0 Å². The molecule has 0 saturated heterocycles. The summed E-state index contributed by atoms with van der Waals surface area (Å²) in [5, 5.41) is 2.84. The fraction of sp³-hybridized carbons (Fsp3) is 0.133. The van der Waals surface area contributed by atoms with E-state index in [1.807, 2.05) is 4.98 Å². The second-order valence-electron chi connectivity index (χ2n) is 4.96. The molecule has 3 rings (SSSR count). The SMILES string of the molecule is COc1ccc2nc(NC(=O)COC(=O)c3c[nH]c(=O)[nH]c3=O)sc2c1. The molecule has 0 atom stereocenters. The summed E-state index contributed by atoms with van der Waals surface area (Å²) in [7, 11) is 1.55. The maximum Gasteiger partial charge on any atom is 0.345 e. The second kappa shape index (κ2) is 7.19. The number of esters is 1. The summed E-state index contributed by atoms with van der Waals surface area (Å²) in [5.41, 5.74) is -1.39. The molecule has 134 valence electrons. The first kappa shape index (κ1) is 17.4. The maximum atomic E-state index is 11.9. The Balaban J connectivity index is 1.62. The van der Waals surface area contributed by atoms with Crippen molar-refractivity contribution in [3.05, 3.63) is 50.8 Å². The van der Waals surface area contributed by atoms with Crippen LogP contribution >= 0.6 is 11.3 Å². The van der Waals surface area contributed by atoms with E-state index in [0.717, 1.165) is 10.9 Å². The topological polar surface area (TPSA) is 143 Å². The quantitative estimate of drug-likeness (QED) is 0.549. The molecule has 10 nitrogen and oxygen atoms in total. The van der Waals surface area contributed by atoms with Crippen LogP contribution in [-0.4, -0.2) is 40.5 Å². The number of nitrogens with zero attached hydrogens (tertiary/aromatic N) is 1. The zero-order valence-electron chi connectivity index (χ0n) is 13.3. The number of fused-ring (bicyclic) bond motifs is 1. The van der Waals surface area contributed by atoms with Crippen molar-refractivity contribution in [3.63, 3.8) is 0 Å². The van der Waals surface area contributed by atoms with E-state index in [9.17, 15) is 19.2 Å². The minimum atomic E-state index is -1.04. The normalized spacial score (nSPS) is 10.5. The first-order valence-corrected chi connectivity index (χ1v) is 8.01. The van der Waals surface area contributed by atoms with Gasteiger partial charge in [0.25, 0.3) is 11.5 Å². The maximum absolute atomic E-state index is 11.9. The van der Waals surface area contributed by atoms with Gasteiger partial charge < -0.3 is 14.5 Å². The van der Waals surface area contributed by atoms with E-state index in [-0.39, 0.29) is 0 Å². The third-order valence-corrected chi connectivity index (χ3v) is 4.15. The number of hydrogen-bond donors (Lipinski definition) is 3. The number of aromatic amines is 2. The number of hydrogen-bond acceptors (Lipinski definition) is 8. The lowest BCUT2D eigenvalue weighted by molar-refractivity contribution is -0.119. The van der Waals surface area contributed by atoms with Crippen LogP contribution in [0.1, 0.15) is 10.4 Å². The van der Waals surface area contributed by atoms with Crippen LogP contribution in [0.4, 0.5) is 5.13 Å². The highest BCUT2D eigenvalue weighted by Gasteiger charge is 2.15. The number of methoxy groups -OCH3 is 1. The van der Waals surface area contributed by atoms with Crippen LogP contribution in [0.2, 0.25) is 0 Å². The predicted octanol–water partition coefficient (Wildman–Crippen LogP) is 0.477. The van der Waals surface area contributed by atoms with Gasteiger partial charge in [-0.05, 0) is 18.2 Å². The van der Waals surface area contributed by atoms with Gasteiger partial charge >= 0.3 is 11.7 Å². The van der Waals surface area contributed by atoms with Crippen LogP contribution in [0.3, 0.4) is 0 Å². The smallest absolute Gasteiger partial charge is 0.345 e. The Morgan fingerprint density at radius 1 is 1.31 bits per heavy atom. The molecule has 3 N–H and O–H groups in total. The summed E-state index contributed by atoms with van der Waals surface area (Å²) in [6.07, 6.45) is 0.919. The summed E-state index contributed by atoms with van der Waals surface area (Å²) in [6.45, 7) is -0.614. The number of rotatable bonds is 5. The van der Waals surface area contributed by atoms with E-state index in [4.69, 9.17) is 9.47 Å². The van der Waals surface area contributed by atoms with Crippen LogP contribution in [0, 0.1) is 0 Å². The van der Waals surface area contributed by atoms with Gasteiger partial charge in [0.2, 0.25) is 0 Å². The van der Waals surface area contributed by atoms with Gasteiger partial charge in [-0.1, -0.05) is 11.3 Å². The fourth-order valence-electron chi connectivity index (χ4n) is 2.01. The first-order chi connectivity index (χ1) is 12.5. The Morgan fingerprint density at radius 2 is 2.12 bits per heavy atom. The second-order valence-corrected chi connectivity index (χ2v) is 5.99. The highest BCUT2D eigenvalue weighted by Crippen LogP contribution is 2.29. The zero-order chi connectivity index (χ0) is 18.7. The molecule has 0 radical (unpaired) electrons. The highest BCUT2D eigenvalue weighted by atomic mass is 32.1. The third-order valence-electron chi connectivity index (χ3n) is 3.22. The first-order valence-electron chi connectivity index (χ1n) is 7.20. The Kier molecular flexibility index (Phi) is 4.80. The average Bonchev–Trinajstić information content (AvgIpc) is 3.00. The lowest BCUT2D eigenvalue weighted by Gasteiger charge is -2.03. The predicted molar refractivity (Wildman–Crippen MR) is 92.8 cm³/mol. The minimum Gasteiger partial charge on any atom is -0.497 e. The summed E-state index contributed by atoms with van der Waals surface area (Å²) in [4.78, 5) is 54.3. The fourth-order valence-corrected chi connectivity index (χ4v) is 2.92. The van der Waals surface area contributed by atoms with Crippen molar-refractivity contribution >= 4 is 38.6 Å². The van der Waals surface area contributed by atoms with Gasteiger partial charge in [0.05, 0.1) is 17.3 Å². The van der Waals surface area contributed by atoms with Gasteiger partial charge in [-0.15, -0.1) is 0 Å². The van der Waals surface area contributed by atoms with Gasteiger partial charge in [0.1, 0.15) is 11.3 Å². The number of amides is 1. The molecule has 0 aliphatic heterocycles. The number of carbonyl (C=O) groups excluding carboxylic acids is 2. The summed E-state index contributed by atoms with van der Waals surface area (Å²) in [6, 6.07) is 5.28. The number of ether oxygens (including phenoxy) is 2. The number of H-pyrrole nitrogens is 2. The van der Waals surface area contributed by atoms with E-state index in [0.29, 0.717) is 16.4 Å². The molecular weight excluding hydrogens is 364 g/mol. The van der Waals surface area contributed by atoms with Crippen molar-refractivity contribution in [3.8, 4) is 5.75 Å². The van der Waals surface area contributed by atoms with Crippen molar-refractivity contribution in [1.29, 1.82) is 0 Å².